The van der Waals surface area contributed by atoms with Crippen LogP contribution < -0.4 is 0 Å². The van der Waals surface area contributed by atoms with Gasteiger partial charge < -0.3 is 4.90 Å². The third-order valence-electron chi connectivity index (χ3n) is 1.65. The molecule has 6 nitrogen and oxygen atoms in total. The van der Waals surface area contributed by atoms with Crippen LogP contribution in [0.4, 0.5) is 4.79 Å². The van der Waals surface area contributed by atoms with Crippen molar-refractivity contribution in [3.8, 4) is 0 Å². The summed E-state index contributed by atoms with van der Waals surface area (Å²) >= 11 is 0. The summed E-state index contributed by atoms with van der Waals surface area (Å²) in [6.07, 6.45) is 2.73. The van der Waals surface area contributed by atoms with Gasteiger partial charge in [0.25, 0.3) is 5.91 Å². The number of likely N-dealkylation sites (N-methyl/N-ethyl adjacent to an activating group) is 1. The third-order valence-corrected chi connectivity index (χ3v) is 1.65. The first-order chi connectivity index (χ1) is 6.59. The molecule has 0 radical (unpaired) electrons. The van der Waals surface area contributed by atoms with E-state index >= 15 is 0 Å². The predicted octanol–water partition coefficient (Wildman–Crippen LogP) is 0.138. The quantitative estimate of drug-likeness (QED) is 0.550. The van der Waals surface area contributed by atoms with Gasteiger partial charge in [-0.1, -0.05) is 0 Å². The molecule has 3 amide bonds. The zero-order valence-electron chi connectivity index (χ0n) is 7.97. The Hall–Kier alpha value is -1.85. The van der Waals surface area contributed by atoms with Gasteiger partial charge in [0, 0.05) is 7.05 Å². The van der Waals surface area contributed by atoms with Gasteiger partial charge in [0.15, 0.2) is 0 Å². The van der Waals surface area contributed by atoms with Crippen molar-refractivity contribution in [3.63, 3.8) is 0 Å². The number of carbonyl (C=O) groups is 2. The molecule has 0 saturated carbocycles. The van der Waals surface area contributed by atoms with Crippen LogP contribution in [0.5, 0.6) is 0 Å². The van der Waals surface area contributed by atoms with Crippen molar-refractivity contribution in [2.24, 2.45) is 15.0 Å². The van der Waals surface area contributed by atoms with Crippen LogP contribution in [0.25, 0.3) is 0 Å². The second-order valence-corrected chi connectivity index (χ2v) is 2.75. The lowest BCUT2D eigenvalue weighted by atomic mass is 10.6. The van der Waals surface area contributed by atoms with Crippen molar-refractivity contribution in [2.75, 3.05) is 13.6 Å². The number of amides is 3. The Morgan fingerprint density at radius 1 is 1.29 bits per heavy atom. The topological polar surface area (TPSA) is 74.5 Å². The van der Waals surface area contributed by atoms with Gasteiger partial charge in [-0.2, -0.15) is 15.0 Å². The lowest BCUT2D eigenvalue weighted by Crippen LogP contribution is -2.20. The molecule has 2 aliphatic rings. The molecule has 6 heteroatoms. The molecule has 0 fully saturated rings. The fourth-order valence-corrected chi connectivity index (χ4v) is 0.846. The van der Waals surface area contributed by atoms with Gasteiger partial charge in [-0.15, -0.1) is 0 Å². The van der Waals surface area contributed by atoms with E-state index in [9.17, 15) is 9.59 Å². The number of hydrogen-bond donors (Lipinski definition) is 0. The maximum Gasteiger partial charge on any atom is 0.367 e. The van der Waals surface area contributed by atoms with E-state index in [1.54, 1.807) is 0 Å². The number of nitrogens with zero attached hydrogens (tertiary/aromatic N) is 4. The first-order valence-corrected chi connectivity index (χ1v) is 3.99. The summed E-state index contributed by atoms with van der Waals surface area (Å²) < 4.78 is 0. The second-order valence-electron chi connectivity index (χ2n) is 2.75. The van der Waals surface area contributed by atoms with Gasteiger partial charge >= 0.3 is 6.03 Å². The van der Waals surface area contributed by atoms with Crippen LogP contribution in [0.3, 0.4) is 0 Å². The van der Waals surface area contributed by atoms with E-state index in [1.807, 2.05) is 18.9 Å². The molecular weight excluding hydrogens is 184 g/mol. The minimum absolute atomic E-state index is 0.0370. The van der Waals surface area contributed by atoms with Crippen molar-refractivity contribution in [2.45, 2.75) is 6.92 Å². The normalized spacial score (nSPS) is 18.4. The summed E-state index contributed by atoms with van der Waals surface area (Å²) in [5, 5.41) is 0. The first kappa shape index (κ1) is 10.2. The Morgan fingerprint density at radius 2 is 1.86 bits per heavy atom. The van der Waals surface area contributed by atoms with Crippen molar-refractivity contribution >= 4 is 30.2 Å². The summed E-state index contributed by atoms with van der Waals surface area (Å²) in [5.41, 5.74) is 0. The molecule has 0 saturated heterocycles. The highest BCUT2D eigenvalue weighted by Crippen LogP contribution is 1.96. The molecule has 2 rings (SSSR count). The summed E-state index contributed by atoms with van der Waals surface area (Å²) in [6.45, 7) is 2.27. The molecule has 14 heavy (non-hydrogen) atoms. The van der Waals surface area contributed by atoms with E-state index in [0.717, 1.165) is 5.84 Å². The zero-order chi connectivity index (χ0) is 10.6. The van der Waals surface area contributed by atoms with Crippen LogP contribution in [0, 0.1) is 0 Å². The van der Waals surface area contributed by atoms with Gasteiger partial charge in [0.1, 0.15) is 5.84 Å². The molecule has 0 aromatic carbocycles. The van der Waals surface area contributed by atoms with Gasteiger partial charge in [-0.05, 0) is 6.92 Å². The Bertz CT molecular complexity index is 329. The lowest BCUT2D eigenvalue weighted by molar-refractivity contribution is -0.116. The van der Waals surface area contributed by atoms with E-state index in [-0.39, 0.29) is 5.91 Å². The van der Waals surface area contributed by atoms with Gasteiger partial charge in [-0.25, -0.2) is 4.79 Å². The van der Waals surface area contributed by atoms with Crippen LogP contribution in [0.15, 0.2) is 15.0 Å². The highest BCUT2D eigenvalue weighted by molar-refractivity contribution is 6.25. The highest BCUT2D eigenvalue weighted by Gasteiger charge is 2.13. The number of amidine groups is 1. The number of urea groups is 1. The Kier molecular flexibility index (Phi) is 3.22. The average molecular weight is 194 g/mol. The summed E-state index contributed by atoms with van der Waals surface area (Å²) in [5.74, 6) is 0.778. The van der Waals surface area contributed by atoms with Crippen molar-refractivity contribution in [1.29, 1.82) is 0 Å². The van der Waals surface area contributed by atoms with Crippen molar-refractivity contribution < 1.29 is 9.59 Å². The number of rotatable bonds is 0. The molecule has 2 aliphatic heterocycles. The predicted molar refractivity (Wildman–Crippen MR) is 53.1 cm³/mol. The van der Waals surface area contributed by atoms with E-state index in [1.165, 1.54) is 12.4 Å². The molecule has 0 aliphatic carbocycles. The summed E-state index contributed by atoms with van der Waals surface area (Å²) in [4.78, 5) is 32.3. The van der Waals surface area contributed by atoms with Crippen molar-refractivity contribution in [3.05, 3.63) is 0 Å². The van der Waals surface area contributed by atoms with Crippen LogP contribution in [-0.4, -0.2) is 48.7 Å². The van der Waals surface area contributed by atoms with E-state index in [4.69, 9.17) is 0 Å². The maximum atomic E-state index is 10.4. The highest BCUT2D eigenvalue weighted by atomic mass is 16.2. The SMILES string of the molecule is CC1=NC(=O)CN1C.O=C1N=CC=N1. The molecule has 74 valence electrons. The molecule has 2 heterocycles. The van der Waals surface area contributed by atoms with Crippen molar-refractivity contribution in [1.82, 2.24) is 4.90 Å². The molecule has 0 bridgehead atoms. The molecule has 0 aromatic rings. The number of aliphatic imine (C=N–C) groups is 3. The standard InChI is InChI=1S/C5H8N2O.C3H2N2O/c1-4-6-5(8)3-7(4)2;6-3-4-1-2-5-3/h3H2,1-2H3;1-2H. The van der Waals surface area contributed by atoms with E-state index in [0.29, 0.717) is 6.54 Å². The zero-order valence-corrected chi connectivity index (χ0v) is 7.97. The summed E-state index contributed by atoms with van der Waals surface area (Å²) in [6, 6.07) is -0.407. The Balaban J connectivity index is 0.000000146. The maximum absolute atomic E-state index is 10.4. The van der Waals surface area contributed by atoms with Crippen LogP contribution in [0.1, 0.15) is 6.92 Å². The Morgan fingerprint density at radius 3 is 2.00 bits per heavy atom. The fourth-order valence-electron chi connectivity index (χ4n) is 0.846. The number of hydrogen-bond acceptors (Lipinski definition) is 3. The molecule has 0 atom stereocenters. The molecule has 0 spiro atoms. The second kappa shape index (κ2) is 4.40. The minimum Gasteiger partial charge on any atom is -0.354 e. The fraction of sp³-hybridized carbons (Fsp3) is 0.375. The molecule has 0 unspecified atom stereocenters. The van der Waals surface area contributed by atoms with Crippen LogP contribution in [-0.2, 0) is 4.79 Å². The van der Waals surface area contributed by atoms with Gasteiger partial charge in [0.05, 0.1) is 19.0 Å². The number of carbonyl (C=O) groups excluding carboxylic acids is 2. The van der Waals surface area contributed by atoms with Gasteiger partial charge in [0.2, 0.25) is 0 Å². The van der Waals surface area contributed by atoms with E-state index < -0.39 is 6.03 Å². The van der Waals surface area contributed by atoms with E-state index in [2.05, 4.69) is 15.0 Å². The lowest BCUT2D eigenvalue weighted by Gasteiger charge is -2.05. The Labute approximate surface area is 81.1 Å². The molecule has 0 aromatic heterocycles. The first-order valence-electron chi connectivity index (χ1n) is 3.99. The summed E-state index contributed by atoms with van der Waals surface area (Å²) in [7, 11) is 1.85. The van der Waals surface area contributed by atoms with Gasteiger partial charge in [-0.3, -0.25) is 4.79 Å². The van der Waals surface area contributed by atoms with Crippen LogP contribution >= 0.6 is 0 Å². The molecule has 0 N–H and O–H groups in total. The monoisotopic (exact) mass is 194 g/mol. The third kappa shape index (κ3) is 2.89. The average Bonchev–Trinajstić information content (AvgIpc) is 2.65. The molecular formula is C8H10N4O2. The largest absolute Gasteiger partial charge is 0.367 e. The smallest absolute Gasteiger partial charge is 0.354 e. The van der Waals surface area contributed by atoms with Crippen LogP contribution in [0.2, 0.25) is 0 Å². The minimum atomic E-state index is -0.407.